The Labute approximate surface area is 96.0 Å². The molecule has 17 heavy (non-hydrogen) atoms. The Morgan fingerprint density at radius 2 is 1.82 bits per heavy atom. The zero-order valence-electron chi connectivity index (χ0n) is 8.72. The van der Waals surface area contributed by atoms with E-state index < -0.39 is 6.18 Å². The van der Waals surface area contributed by atoms with Crippen LogP contribution < -0.4 is 0 Å². The van der Waals surface area contributed by atoms with Crippen LogP contribution in [0.25, 0.3) is 11.8 Å². The number of imidazole rings is 1. The molecule has 0 saturated heterocycles. The molecule has 0 spiro atoms. The lowest BCUT2D eigenvalue weighted by Crippen LogP contribution is -2.00. The van der Waals surface area contributed by atoms with Gasteiger partial charge in [-0.3, -0.25) is 0 Å². The van der Waals surface area contributed by atoms with Crippen molar-refractivity contribution in [1.29, 1.82) is 0 Å². The number of rotatable bonds is 2. The summed E-state index contributed by atoms with van der Waals surface area (Å²) in [4.78, 5) is 3.89. The van der Waals surface area contributed by atoms with Crippen molar-refractivity contribution in [2.24, 2.45) is 0 Å². The summed E-state index contributed by atoms with van der Waals surface area (Å²) in [6.07, 6.45) is 2.01. The second-order valence-corrected chi connectivity index (χ2v) is 3.44. The summed E-state index contributed by atoms with van der Waals surface area (Å²) < 4.78 is 37.6. The molecule has 0 aliphatic rings. The highest BCUT2D eigenvalue weighted by Crippen LogP contribution is 2.18. The molecule has 1 heterocycles. The molecule has 2 rings (SSSR count). The summed E-state index contributed by atoms with van der Waals surface area (Å²) in [5.41, 5.74) is 1.36. The number of alkyl halides is 3. The Morgan fingerprint density at radius 3 is 2.35 bits per heavy atom. The van der Waals surface area contributed by atoms with Crippen LogP contribution in [-0.4, -0.2) is 15.7 Å². The van der Waals surface area contributed by atoms with Crippen molar-refractivity contribution in [2.75, 3.05) is 0 Å². The van der Waals surface area contributed by atoms with Crippen LogP contribution in [0.3, 0.4) is 0 Å². The van der Waals surface area contributed by atoms with Gasteiger partial charge in [0.05, 0.1) is 6.33 Å². The van der Waals surface area contributed by atoms with Gasteiger partial charge >= 0.3 is 6.18 Å². The summed E-state index contributed by atoms with van der Waals surface area (Å²) in [6, 6.07) is 6.71. The van der Waals surface area contributed by atoms with E-state index in [1.54, 1.807) is 47.6 Å². The van der Waals surface area contributed by atoms with Crippen molar-refractivity contribution in [3.8, 4) is 5.69 Å². The van der Waals surface area contributed by atoms with E-state index in [-0.39, 0.29) is 6.08 Å². The minimum atomic E-state index is -4.27. The molecule has 2 aromatic rings. The topological polar surface area (TPSA) is 17.8 Å². The number of hydrogen-bond donors (Lipinski definition) is 0. The molecule has 0 radical (unpaired) electrons. The SMILES string of the molecule is FC(F)(F)/C=C/c1ccc(-n2ccnc2)cc1. The maximum Gasteiger partial charge on any atom is 0.409 e. The average molecular weight is 238 g/mol. The van der Waals surface area contributed by atoms with E-state index in [2.05, 4.69) is 4.98 Å². The van der Waals surface area contributed by atoms with Crippen molar-refractivity contribution >= 4 is 6.08 Å². The third-order valence-corrected chi connectivity index (χ3v) is 2.16. The van der Waals surface area contributed by atoms with Crippen LogP contribution in [0.15, 0.2) is 49.1 Å². The first-order valence-corrected chi connectivity index (χ1v) is 4.89. The molecule has 1 aromatic heterocycles. The largest absolute Gasteiger partial charge is 0.409 e. The van der Waals surface area contributed by atoms with Gasteiger partial charge in [-0.25, -0.2) is 4.98 Å². The van der Waals surface area contributed by atoms with Crippen LogP contribution in [-0.2, 0) is 0 Å². The first-order chi connectivity index (χ1) is 8.04. The van der Waals surface area contributed by atoms with Crippen LogP contribution in [0.5, 0.6) is 0 Å². The molecule has 0 saturated carbocycles. The van der Waals surface area contributed by atoms with Crippen LogP contribution in [0.2, 0.25) is 0 Å². The van der Waals surface area contributed by atoms with Gasteiger partial charge in [0.2, 0.25) is 0 Å². The van der Waals surface area contributed by atoms with E-state index in [9.17, 15) is 13.2 Å². The molecule has 0 amide bonds. The quantitative estimate of drug-likeness (QED) is 0.783. The van der Waals surface area contributed by atoms with Crippen molar-refractivity contribution < 1.29 is 13.2 Å². The number of hydrogen-bond acceptors (Lipinski definition) is 1. The van der Waals surface area contributed by atoms with E-state index in [0.717, 1.165) is 11.8 Å². The Hall–Kier alpha value is -2.04. The Balaban J connectivity index is 2.17. The van der Waals surface area contributed by atoms with Gasteiger partial charge in [0.15, 0.2) is 0 Å². The highest BCUT2D eigenvalue weighted by atomic mass is 19.4. The van der Waals surface area contributed by atoms with Gasteiger partial charge in [0.25, 0.3) is 0 Å². The van der Waals surface area contributed by atoms with Gasteiger partial charge in [0.1, 0.15) is 0 Å². The molecule has 88 valence electrons. The predicted octanol–water partition coefficient (Wildman–Crippen LogP) is 3.45. The second kappa shape index (κ2) is 4.45. The zero-order chi connectivity index (χ0) is 12.3. The fourth-order valence-electron chi connectivity index (χ4n) is 1.36. The normalized spacial score (nSPS) is 12.2. The average Bonchev–Trinajstić information content (AvgIpc) is 2.79. The lowest BCUT2D eigenvalue weighted by molar-refractivity contribution is -0.0790. The van der Waals surface area contributed by atoms with Gasteiger partial charge in [-0.1, -0.05) is 18.2 Å². The highest BCUT2D eigenvalue weighted by Gasteiger charge is 2.21. The van der Waals surface area contributed by atoms with E-state index >= 15 is 0 Å². The molecule has 0 fully saturated rings. The third kappa shape index (κ3) is 3.21. The van der Waals surface area contributed by atoms with Gasteiger partial charge < -0.3 is 4.57 Å². The standard InChI is InChI=1S/C12H9F3N2/c13-12(14,15)6-5-10-1-3-11(4-2-10)17-8-7-16-9-17/h1-9H/b6-5+. The van der Waals surface area contributed by atoms with E-state index in [0.29, 0.717) is 5.56 Å². The van der Waals surface area contributed by atoms with Crippen molar-refractivity contribution in [3.63, 3.8) is 0 Å². The lowest BCUT2D eigenvalue weighted by atomic mass is 10.2. The lowest BCUT2D eigenvalue weighted by Gasteiger charge is -2.02. The maximum absolute atomic E-state index is 11.9. The Morgan fingerprint density at radius 1 is 1.12 bits per heavy atom. The van der Waals surface area contributed by atoms with E-state index in [1.807, 2.05) is 0 Å². The van der Waals surface area contributed by atoms with Crippen molar-refractivity contribution in [1.82, 2.24) is 9.55 Å². The van der Waals surface area contributed by atoms with Crippen LogP contribution in [0.4, 0.5) is 13.2 Å². The molecule has 5 heteroatoms. The molecule has 0 atom stereocenters. The third-order valence-electron chi connectivity index (χ3n) is 2.16. The monoisotopic (exact) mass is 238 g/mol. The summed E-state index contributed by atoms with van der Waals surface area (Å²) in [7, 11) is 0. The fraction of sp³-hybridized carbons (Fsp3) is 0.0833. The summed E-state index contributed by atoms with van der Waals surface area (Å²) in [6.45, 7) is 0. The highest BCUT2D eigenvalue weighted by molar-refractivity contribution is 5.52. The molecule has 0 aliphatic heterocycles. The molecule has 1 aromatic carbocycles. The van der Waals surface area contributed by atoms with Gasteiger partial charge in [-0.15, -0.1) is 0 Å². The number of nitrogens with zero attached hydrogens (tertiary/aromatic N) is 2. The van der Waals surface area contributed by atoms with E-state index in [1.165, 1.54) is 0 Å². The van der Waals surface area contributed by atoms with Crippen LogP contribution in [0, 0.1) is 0 Å². The van der Waals surface area contributed by atoms with Crippen LogP contribution >= 0.6 is 0 Å². The summed E-state index contributed by atoms with van der Waals surface area (Å²) in [5, 5.41) is 0. The minimum absolute atomic E-state index is 0.221. The summed E-state index contributed by atoms with van der Waals surface area (Å²) >= 11 is 0. The predicted molar refractivity (Wildman–Crippen MR) is 58.7 cm³/mol. The van der Waals surface area contributed by atoms with Gasteiger partial charge in [-0.05, 0) is 17.7 Å². The Kier molecular flexibility index (Phi) is 2.99. The smallest absolute Gasteiger partial charge is 0.306 e. The second-order valence-electron chi connectivity index (χ2n) is 3.44. The number of allylic oxidation sites excluding steroid dienone is 1. The fourth-order valence-corrected chi connectivity index (χ4v) is 1.36. The van der Waals surface area contributed by atoms with Crippen molar-refractivity contribution in [3.05, 3.63) is 54.6 Å². The molecule has 0 bridgehead atoms. The summed E-state index contributed by atoms with van der Waals surface area (Å²) in [5.74, 6) is 0. The van der Waals surface area contributed by atoms with Gasteiger partial charge in [-0.2, -0.15) is 13.2 Å². The maximum atomic E-state index is 11.9. The van der Waals surface area contributed by atoms with Crippen molar-refractivity contribution in [2.45, 2.75) is 6.18 Å². The first kappa shape index (κ1) is 11.4. The first-order valence-electron chi connectivity index (χ1n) is 4.89. The number of halogens is 3. The molecule has 0 aliphatic carbocycles. The molecular weight excluding hydrogens is 229 g/mol. The molecule has 0 N–H and O–H groups in total. The molecule has 0 unspecified atom stereocenters. The van der Waals surface area contributed by atoms with Crippen LogP contribution in [0.1, 0.15) is 5.56 Å². The number of aromatic nitrogens is 2. The zero-order valence-corrected chi connectivity index (χ0v) is 8.72. The minimum Gasteiger partial charge on any atom is -0.306 e. The van der Waals surface area contributed by atoms with Gasteiger partial charge in [0, 0.05) is 24.2 Å². The van der Waals surface area contributed by atoms with E-state index in [4.69, 9.17) is 0 Å². The molecule has 2 nitrogen and oxygen atoms in total. The number of benzene rings is 1. The molecular formula is C12H9F3N2. The Bertz CT molecular complexity index is 496.